The van der Waals surface area contributed by atoms with E-state index in [1.165, 1.54) is 12.1 Å². The molecule has 1 aromatic carbocycles. The van der Waals surface area contributed by atoms with Gasteiger partial charge in [-0.3, -0.25) is 4.79 Å². The zero-order chi connectivity index (χ0) is 19.8. The van der Waals surface area contributed by atoms with Crippen LogP contribution in [0.4, 0.5) is 10.1 Å². The molecule has 1 aliphatic rings. The molecular formula is C21H28FNO2. The minimum Gasteiger partial charge on any atom is -0.400 e. The summed E-state index contributed by atoms with van der Waals surface area (Å²) in [7, 11) is 1.00. The maximum Gasteiger partial charge on any atom is 0.230 e. The third-order valence-corrected chi connectivity index (χ3v) is 3.10. The molecule has 0 unspecified atom stereocenters. The third kappa shape index (κ3) is 7.65. The Morgan fingerprint density at radius 1 is 1.24 bits per heavy atom. The first kappa shape index (κ1) is 24.6. The number of allylic oxidation sites excluding steroid dienone is 3. The van der Waals surface area contributed by atoms with Crippen LogP contribution in [0.15, 0.2) is 60.7 Å². The van der Waals surface area contributed by atoms with Gasteiger partial charge in [0.15, 0.2) is 0 Å². The number of terminal acetylenes is 1. The van der Waals surface area contributed by atoms with Crippen molar-refractivity contribution in [3.63, 3.8) is 0 Å². The smallest absolute Gasteiger partial charge is 0.230 e. The number of hydrogen-bond acceptors (Lipinski definition) is 2. The molecule has 0 bridgehead atoms. The molecule has 0 radical (unpaired) electrons. The van der Waals surface area contributed by atoms with Crippen molar-refractivity contribution in [2.45, 2.75) is 33.2 Å². The molecule has 4 heteroatoms. The lowest BCUT2D eigenvalue weighted by molar-refractivity contribution is -0.123. The molecule has 0 saturated carbocycles. The van der Waals surface area contributed by atoms with Crippen molar-refractivity contribution in [1.82, 2.24) is 0 Å². The van der Waals surface area contributed by atoms with E-state index in [0.717, 1.165) is 12.7 Å². The van der Waals surface area contributed by atoms with Crippen molar-refractivity contribution in [2.75, 3.05) is 12.0 Å². The third-order valence-electron chi connectivity index (χ3n) is 3.10. The SMILES string of the molecule is C#C.C=C(/C=C\C=C/C)[C@@H]1CC(=O)N1c1ccc(F)cc1.CC.CO. The Labute approximate surface area is 151 Å². The number of anilines is 1. The second-order valence-corrected chi connectivity index (χ2v) is 4.42. The Balaban J connectivity index is 0. The quantitative estimate of drug-likeness (QED) is 0.496. The topological polar surface area (TPSA) is 40.5 Å². The number of carbonyl (C=O) groups is 1. The second-order valence-electron chi connectivity index (χ2n) is 4.42. The molecule has 0 aliphatic carbocycles. The molecule has 0 aromatic heterocycles. The highest BCUT2D eigenvalue weighted by Crippen LogP contribution is 2.31. The molecule has 1 saturated heterocycles. The van der Waals surface area contributed by atoms with E-state index in [0.29, 0.717) is 12.1 Å². The van der Waals surface area contributed by atoms with Gasteiger partial charge in [0.1, 0.15) is 5.82 Å². The van der Waals surface area contributed by atoms with Gasteiger partial charge in [0, 0.05) is 12.8 Å². The largest absolute Gasteiger partial charge is 0.400 e. The zero-order valence-corrected chi connectivity index (χ0v) is 15.4. The van der Waals surface area contributed by atoms with Gasteiger partial charge in [-0.05, 0) is 36.8 Å². The van der Waals surface area contributed by atoms with Gasteiger partial charge in [-0.15, -0.1) is 12.8 Å². The molecule has 0 spiro atoms. The molecule has 2 rings (SSSR count). The van der Waals surface area contributed by atoms with E-state index < -0.39 is 0 Å². The number of β-lactam (4-membered cyclic amide) rings is 1. The van der Waals surface area contributed by atoms with Crippen molar-refractivity contribution in [2.24, 2.45) is 0 Å². The van der Waals surface area contributed by atoms with Gasteiger partial charge in [-0.2, -0.15) is 0 Å². The standard InChI is InChI=1S/C16H16FNO.C2H6.C2H2.CH4O/c1-3-4-5-6-12(2)15-11-16(19)18(15)14-9-7-13(17)8-10-14;3*1-2/h3-10,15H,2,11H2,1H3;1-2H3;1-2H;2H,1H3/b4-3-,6-5-;;;/t15-;;;/m0.../s1. The average Bonchev–Trinajstić information content (AvgIpc) is 2.66. The number of benzene rings is 1. The first-order valence-electron chi connectivity index (χ1n) is 7.97. The van der Waals surface area contributed by atoms with Crippen molar-refractivity contribution in [3.8, 4) is 12.8 Å². The highest BCUT2D eigenvalue weighted by Gasteiger charge is 2.37. The van der Waals surface area contributed by atoms with Crippen LogP contribution in [-0.4, -0.2) is 24.2 Å². The van der Waals surface area contributed by atoms with Crippen LogP contribution in [0.1, 0.15) is 27.2 Å². The predicted molar refractivity (Wildman–Crippen MR) is 105 cm³/mol. The summed E-state index contributed by atoms with van der Waals surface area (Å²) in [5.74, 6) is -0.266. The maximum atomic E-state index is 12.9. The van der Waals surface area contributed by atoms with Crippen molar-refractivity contribution < 1.29 is 14.3 Å². The maximum absolute atomic E-state index is 12.9. The Hall–Kier alpha value is -2.64. The fourth-order valence-corrected chi connectivity index (χ4v) is 2.04. The lowest BCUT2D eigenvalue weighted by Gasteiger charge is -2.41. The van der Waals surface area contributed by atoms with Crippen LogP contribution < -0.4 is 4.90 Å². The first-order valence-corrected chi connectivity index (χ1v) is 7.97. The fraction of sp³-hybridized carbons (Fsp3) is 0.286. The number of aliphatic hydroxyl groups excluding tert-OH is 1. The molecule has 1 heterocycles. The molecular weight excluding hydrogens is 317 g/mol. The first-order chi connectivity index (χ1) is 12.1. The number of halogens is 1. The van der Waals surface area contributed by atoms with Crippen LogP contribution in [0.3, 0.4) is 0 Å². The van der Waals surface area contributed by atoms with Crippen LogP contribution in [0.5, 0.6) is 0 Å². The van der Waals surface area contributed by atoms with E-state index in [1.54, 1.807) is 17.0 Å². The fourth-order valence-electron chi connectivity index (χ4n) is 2.04. The van der Waals surface area contributed by atoms with Crippen LogP contribution in [0, 0.1) is 18.7 Å². The van der Waals surface area contributed by atoms with Gasteiger partial charge < -0.3 is 10.0 Å². The number of hydrogen-bond donors (Lipinski definition) is 1. The Morgan fingerprint density at radius 3 is 2.20 bits per heavy atom. The zero-order valence-electron chi connectivity index (χ0n) is 15.4. The van der Waals surface area contributed by atoms with E-state index in [2.05, 4.69) is 19.4 Å². The van der Waals surface area contributed by atoms with E-state index in [-0.39, 0.29) is 17.8 Å². The highest BCUT2D eigenvalue weighted by atomic mass is 19.1. The monoisotopic (exact) mass is 345 g/mol. The number of aliphatic hydroxyl groups is 1. The highest BCUT2D eigenvalue weighted by molar-refractivity contribution is 6.02. The molecule has 1 N–H and O–H groups in total. The van der Waals surface area contributed by atoms with Gasteiger partial charge >= 0.3 is 0 Å². The minimum atomic E-state index is -0.305. The molecule has 3 nitrogen and oxygen atoms in total. The lowest BCUT2D eigenvalue weighted by Crippen LogP contribution is -2.53. The second kappa shape index (κ2) is 14.9. The Kier molecular flexibility index (Phi) is 14.7. The van der Waals surface area contributed by atoms with E-state index in [4.69, 9.17) is 5.11 Å². The van der Waals surface area contributed by atoms with E-state index in [1.807, 2.05) is 45.1 Å². The summed E-state index contributed by atoms with van der Waals surface area (Å²) < 4.78 is 12.9. The average molecular weight is 345 g/mol. The van der Waals surface area contributed by atoms with Gasteiger partial charge in [0.05, 0.1) is 12.5 Å². The summed E-state index contributed by atoms with van der Waals surface area (Å²) >= 11 is 0. The summed E-state index contributed by atoms with van der Waals surface area (Å²) in [5, 5.41) is 7.00. The molecule has 1 atom stereocenters. The van der Waals surface area contributed by atoms with E-state index >= 15 is 0 Å². The van der Waals surface area contributed by atoms with Crippen molar-refractivity contribution in [1.29, 1.82) is 0 Å². The van der Waals surface area contributed by atoms with Crippen molar-refractivity contribution >= 4 is 11.6 Å². The van der Waals surface area contributed by atoms with Crippen LogP contribution in [0.25, 0.3) is 0 Å². The summed E-state index contributed by atoms with van der Waals surface area (Å²) in [5.41, 5.74) is 1.59. The molecule has 136 valence electrons. The van der Waals surface area contributed by atoms with Crippen molar-refractivity contribution in [3.05, 3.63) is 66.5 Å². The number of rotatable bonds is 4. The van der Waals surface area contributed by atoms with E-state index in [9.17, 15) is 9.18 Å². The molecule has 1 fully saturated rings. The predicted octanol–water partition coefficient (Wildman–Crippen LogP) is 4.50. The molecule has 25 heavy (non-hydrogen) atoms. The van der Waals surface area contributed by atoms with Gasteiger partial charge in [-0.25, -0.2) is 4.39 Å². The Morgan fingerprint density at radius 2 is 1.76 bits per heavy atom. The van der Waals surface area contributed by atoms with Gasteiger partial charge in [0.2, 0.25) is 5.91 Å². The van der Waals surface area contributed by atoms with Crippen LogP contribution in [-0.2, 0) is 4.79 Å². The number of carbonyl (C=O) groups excluding carboxylic acids is 1. The summed E-state index contributed by atoms with van der Waals surface area (Å²) in [6.07, 6.45) is 16.1. The summed E-state index contributed by atoms with van der Waals surface area (Å²) in [4.78, 5) is 13.4. The normalized spacial score (nSPS) is 15.1. The van der Waals surface area contributed by atoms with Gasteiger partial charge in [0.25, 0.3) is 0 Å². The molecule has 1 aliphatic heterocycles. The van der Waals surface area contributed by atoms with Gasteiger partial charge in [-0.1, -0.05) is 44.7 Å². The molecule has 1 aromatic rings. The summed E-state index contributed by atoms with van der Waals surface area (Å²) in [6, 6.07) is 5.91. The molecule has 1 amide bonds. The lowest BCUT2D eigenvalue weighted by atomic mass is 9.93. The van der Waals surface area contributed by atoms with Crippen LogP contribution in [0.2, 0.25) is 0 Å². The Bertz CT molecular complexity index is 586. The number of nitrogens with zero attached hydrogens (tertiary/aromatic N) is 1. The minimum absolute atomic E-state index is 0.0283. The number of amides is 1. The summed E-state index contributed by atoms with van der Waals surface area (Å²) in [6.45, 7) is 9.92. The van der Waals surface area contributed by atoms with Crippen LogP contribution >= 0.6 is 0 Å².